The van der Waals surface area contributed by atoms with Gasteiger partial charge in [0, 0.05) is 22.6 Å². The molecular weight excluding hydrogens is 432 g/mol. The van der Waals surface area contributed by atoms with Crippen LogP contribution in [0, 0.1) is 24.5 Å². The van der Waals surface area contributed by atoms with Gasteiger partial charge in [0.1, 0.15) is 22.2 Å². The highest BCUT2D eigenvalue weighted by Crippen LogP contribution is 2.38. The summed E-state index contributed by atoms with van der Waals surface area (Å²) in [6.45, 7) is 5.03. The Morgan fingerprint density at radius 3 is 2.31 bits per heavy atom. The summed E-state index contributed by atoms with van der Waals surface area (Å²) in [6, 6.07) is 10.2. The molecule has 2 aromatic carbocycles. The van der Waals surface area contributed by atoms with E-state index in [1.807, 2.05) is 0 Å². The number of benzene rings is 2. The van der Waals surface area contributed by atoms with Gasteiger partial charge in [-0.15, -0.1) is 11.3 Å². The van der Waals surface area contributed by atoms with Gasteiger partial charge in [0.05, 0.1) is 17.5 Å². The number of Topliss-reactive ketones (excluding diaryl/α,β-unsaturated/α-hetero) is 1. The van der Waals surface area contributed by atoms with Crippen LogP contribution < -0.4 is 5.43 Å². The van der Waals surface area contributed by atoms with Crippen molar-refractivity contribution in [3.05, 3.63) is 87.2 Å². The first-order chi connectivity index (χ1) is 15.2. The molecule has 2 heterocycles. The summed E-state index contributed by atoms with van der Waals surface area (Å²) in [5.41, 5.74) is 0.950. The van der Waals surface area contributed by atoms with Crippen molar-refractivity contribution in [1.82, 2.24) is 4.57 Å². The third kappa shape index (κ3) is 3.73. The summed E-state index contributed by atoms with van der Waals surface area (Å²) in [5.74, 6) is -2.00. The van der Waals surface area contributed by atoms with Gasteiger partial charge >= 0.3 is 0 Å². The van der Waals surface area contributed by atoms with E-state index in [2.05, 4.69) is 0 Å². The van der Waals surface area contributed by atoms with Crippen molar-refractivity contribution in [2.45, 2.75) is 27.3 Å². The quantitative estimate of drug-likeness (QED) is 0.382. The third-order valence-electron chi connectivity index (χ3n) is 5.46. The zero-order valence-electron chi connectivity index (χ0n) is 17.8. The highest BCUT2D eigenvalue weighted by molar-refractivity contribution is 7.22. The second kappa shape index (κ2) is 8.31. The van der Waals surface area contributed by atoms with Crippen molar-refractivity contribution in [2.24, 2.45) is 5.92 Å². The number of carbonyl (C=O) groups excluding carboxylic acids is 1. The number of pyridine rings is 1. The first-order valence-corrected chi connectivity index (χ1v) is 10.9. The van der Waals surface area contributed by atoms with E-state index in [4.69, 9.17) is 0 Å². The number of fused-ring (bicyclic) bond motifs is 1. The Balaban J connectivity index is 2.02. The largest absolute Gasteiger partial charge is 0.508 e. The fraction of sp³-hybridized carbons (Fsp3) is 0.200. The number of carbonyl (C=O) groups is 1. The molecule has 164 valence electrons. The molecule has 0 bridgehead atoms. The van der Waals surface area contributed by atoms with Gasteiger partial charge in [-0.3, -0.25) is 9.59 Å². The van der Waals surface area contributed by atoms with Crippen LogP contribution in [-0.4, -0.2) is 15.5 Å². The molecule has 4 nitrogen and oxygen atoms in total. The van der Waals surface area contributed by atoms with Crippen molar-refractivity contribution in [3.8, 4) is 16.2 Å². The molecule has 0 aliphatic rings. The summed E-state index contributed by atoms with van der Waals surface area (Å²) < 4.78 is 30.4. The monoisotopic (exact) mass is 453 g/mol. The standard InChI is InChI=1S/C25H21F2NO3S/c1-13(2)22(30)18-12-28(11-17-19(26)5-4-6-20(17)27)25-21(23(18)31)14(3)24(32-25)15-7-9-16(29)10-8-15/h4-10,12-13,29H,11H2,1-3H3. The lowest BCUT2D eigenvalue weighted by atomic mass is 9.99. The van der Waals surface area contributed by atoms with Crippen LogP contribution in [0.1, 0.15) is 35.3 Å². The minimum absolute atomic E-state index is 0.00223. The van der Waals surface area contributed by atoms with Crippen LogP contribution >= 0.6 is 11.3 Å². The highest BCUT2D eigenvalue weighted by atomic mass is 32.1. The topological polar surface area (TPSA) is 59.3 Å². The van der Waals surface area contributed by atoms with Gasteiger partial charge in [-0.2, -0.15) is 0 Å². The average molecular weight is 454 g/mol. The molecule has 0 unspecified atom stereocenters. The Morgan fingerprint density at radius 1 is 1.09 bits per heavy atom. The van der Waals surface area contributed by atoms with Crippen molar-refractivity contribution in [2.75, 3.05) is 0 Å². The van der Waals surface area contributed by atoms with Gasteiger partial charge in [0.15, 0.2) is 5.78 Å². The number of aryl methyl sites for hydroxylation is 1. The van der Waals surface area contributed by atoms with Gasteiger partial charge in [0.25, 0.3) is 0 Å². The summed E-state index contributed by atoms with van der Waals surface area (Å²) in [5, 5.41) is 9.97. The molecule has 2 aromatic heterocycles. The summed E-state index contributed by atoms with van der Waals surface area (Å²) in [4.78, 5) is 27.4. The van der Waals surface area contributed by atoms with Gasteiger partial charge in [0.2, 0.25) is 5.43 Å². The van der Waals surface area contributed by atoms with E-state index in [-0.39, 0.29) is 34.6 Å². The number of nitrogens with zero attached hydrogens (tertiary/aromatic N) is 1. The number of rotatable bonds is 5. The van der Waals surface area contributed by atoms with Gasteiger partial charge in [-0.1, -0.05) is 19.9 Å². The maximum atomic E-state index is 14.4. The molecule has 0 aliphatic carbocycles. The molecule has 0 spiro atoms. The van der Waals surface area contributed by atoms with E-state index < -0.39 is 17.6 Å². The minimum atomic E-state index is -0.694. The van der Waals surface area contributed by atoms with Gasteiger partial charge in [-0.05, 0) is 54.4 Å². The summed E-state index contributed by atoms with van der Waals surface area (Å²) in [7, 11) is 0. The van der Waals surface area contributed by atoms with Crippen LogP contribution in [0.3, 0.4) is 0 Å². The van der Waals surface area contributed by atoms with Gasteiger partial charge in [-0.25, -0.2) is 8.78 Å². The number of aromatic hydroxyl groups is 1. The van der Waals surface area contributed by atoms with Crippen LogP contribution in [0.15, 0.2) is 53.5 Å². The summed E-state index contributed by atoms with van der Waals surface area (Å²) >= 11 is 1.31. The molecule has 0 saturated carbocycles. The lowest BCUT2D eigenvalue weighted by Gasteiger charge is -2.13. The molecule has 4 rings (SSSR count). The summed E-state index contributed by atoms with van der Waals surface area (Å²) in [6.07, 6.45) is 1.41. The van der Waals surface area contributed by atoms with Crippen molar-refractivity contribution in [3.63, 3.8) is 0 Å². The van der Waals surface area contributed by atoms with E-state index in [1.165, 1.54) is 35.7 Å². The van der Waals surface area contributed by atoms with E-state index in [0.717, 1.165) is 10.4 Å². The first kappa shape index (κ1) is 21.9. The van der Waals surface area contributed by atoms with Crippen LogP contribution in [-0.2, 0) is 6.54 Å². The number of ketones is 1. The van der Waals surface area contributed by atoms with E-state index in [9.17, 15) is 23.5 Å². The Labute approximate surface area is 187 Å². The molecule has 0 atom stereocenters. The number of hydrogen-bond donors (Lipinski definition) is 1. The zero-order valence-corrected chi connectivity index (χ0v) is 18.6. The Morgan fingerprint density at radius 2 is 1.72 bits per heavy atom. The highest BCUT2D eigenvalue weighted by Gasteiger charge is 2.23. The molecule has 0 fully saturated rings. The number of thiophene rings is 1. The molecular formula is C25H21F2NO3S. The molecule has 0 aliphatic heterocycles. The fourth-order valence-electron chi connectivity index (χ4n) is 3.72. The molecule has 32 heavy (non-hydrogen) atoms. The van der Waals surface area contributed by atoms with Gasteiger partial charge < -0.3 is 9.67 Å². The van der Waals surface area contributed by atoms with Crippen LogP contribution in [0.2, 0.25) is 0 Å². The smallest absolute Gasteiger partial charge is 0.201 e. The van der Waals surface area contributed by atoms with Crippen molar-refractivity contribution in [1.29, 1.82) is 0 Å². The van der Waals surface area contributed by atoms with E-state index >= 15 is 0 Å². The number of aromatic nitrogens is 1. The Hall–Kier alpha value is -3.32. The number of hydrogen-bond acceptors (Lipinski definition) is 4. The normalized spacial score (nSPS) is 11.4. The maximum Gasteiger partial charge on any atom is 0.201 e. The second-order valence-electron chi connectivity index (χ2n) is 8.00. The molecule has 7 heteroatoms. The zero-order chi connectivity index (χ0) is 23.2. The number of phenolic OH excluding ortho intramolecular Hbond substituents is 1. The fourth-order valence-corrected chi connectivity index (χ4v) is 5.01. The number of phenols is 1. The molecule has 0 amide bonds. The van der Waals surface area contributed by atoms with Crippen molar-refractivity contribution < 1.29 is 18.7 Å². The lowest BCUT2D eigenvalue weighted by molar-refractivity contribution is 0.0938. The SMILES string of the molecule is Cc1c(-c2ccc(O)cc2)sc2c1c(=O)c(C(=O)C(C)C)cn2Cc1c(F)cccc1F. The van der Waals surface area contributed by atoms with Crippen LogP contribution in [0.5, 0.6) is 5.75 Å². The van der Waals surface area contributed by atoms with Crippen molar-refractivity contribution >= 4 is 27.3 Å². The average Bonchev–Trinajstić information content (AvgIpc) is 3.10. The van der Waals surface area contributed by atoms with Crippen LogP contribution in [0.4, 0.5) is 8.78 Å². The predicted octanol–water partition coefficient (Wildman–Crippen LogP) is 5.91. The molecule has 0 saturated heterocycles. The molecule has 1 N–H and O–H groups in total. The van der Waals surface area contributed by atoms with E-state index in [0.29, 0.717) is 15.8 Å². The second-order valence-corrected chi connectivity index (χ2v) is 9.00. The third-order valence-corrected chi connectivity index (χ3v) is 6.83. The Bertz CT molecular complexity index is 1380. The molecule has 0 radical (unpaired) electrons. The lowest BCUT2D eigenvalue weighted by Crippen LogP contribution is -2.22. The number of halogens is 2. The van der Waals surface area contributed by atoms with Crippen LogP contribution in [0.25, 0.3) is 20.7 Å². The predicted molar refractivity (Wildman–Crippen MR) is 123 cm³/mol. The minimum Gasteiger partial charge on any atom is -0.508 e. The Kier molecular flexibility index (Phi) is 5.69. The van der Waals surface area contributed by atoms with E-state index in [1.54, 1.807) is 49.6 Å². The molecule has 4 aromatic rings. The maximum absolute atomic E-state index is 14.4. The first-order valence-electron chi connectivity index (χ1n) is 10.1.